The fraction of sp³-hybridized carbons (Fsp3) is 0.583. The van der Waals surface area contributed by atoms with Gasteiger partial charge in [0, 0.05) is 13.1 Å². The molecule has 1 aromatic heterocycles. The summed E-state index contributed by atoms with van der Waals surface area (Å²) in [6.07, 6.45) is 4.53. The van der Waals surface area contributed by atoms with Gasteiger partial charge in [0.1, 0.15) is 6.54 Å². The molecule has 0 spiro atoms. The molecule has 0 aliphatic carbocycles. The molecule has 2 rings (SSSR count). The number of hydrogen-bond donors (Lipinski definition) is 1. The van der Waals surface area contributed by atoms with E-state index in [1.54, 1.807) is 13.1 Å². The van der Waals surface area contributed by atoms with Crippen molar-refractivity contribution in [2.24, 2.45) is 0 Å². The average Bonchev–Trinajstić information content (AvgIpc) is 2.78. The molecule has 1 aliphatic rings. The molecular formula is C12H17N3O3. The van der Waals surface area contributed by atoms with Crippen LogP contribution < -0.4 is 0 Å². The van der Waals surface area contributed by atoms with Crippen molar-refractivity contribution in [2.45, 2.75) is 32.7 Å². The summed E-state index contributed by atoms with van der Waals surface area (Å²) in [5.74, 6) is -1.23. The van der Waals surface area contributed by atoms with Crippen molar-refractivity contribution in [1.29, 1.82) is 0 Å². The van der Waals surface area contributed by atoms with Gasteiger partial charge in [-0.15, -0.1) is 0 Å². The van der Waals surface area contributed by atoms with Gasteiger partial charge in [0.25, 0.3) is 5.91 Å². The summed E-state index contributed by atoms with van der Waals surface area (Å²) in [5.41, 5.74) is 1.49. The van der Waals surface area contributed by atoms with Crippen molar-refractivity contribution in [3.63, 3.8) is 0 Å². The Morgan fingerprint density at radius 3 is 2.94 bits per heavy atom. The molecule has 0 atom stereocenters. The zero-order valence-corrected chi connectivity index (χ0v) is 10.4. The Morgan fingerprint density at radius 1 is 1.50 bits per heavy atom. The number of aliphatic carboxylic acids is 1. The molecule has 0 fully saturated rings. The van der Waals surface area contributed by atoms with E-state index >= 15 is 0 Å². The van der Waals surface area contributed by atoms with Crippen molar-refractivity contribution in [2.75, 3.05) is 13.1 Å². The van der Waals surface area contributed by atoms with Crippen LogP contribution in [0, 0.1) is 0 Å². The minimum atomic E-state index is -0.994. The number of carboxylic acids is 1. The van der Waals surface area contributed by atoms with Gasteiger partial charge in [0.15, 0.2) is 0 Å². The number of carbonyl (C=O) groups is 2. The van der Waals surface area contributed by atoms with E-state index in [4.69, 9.17) is 5.11 Å². The Hall–Kier alpha value is -1.85. The van der Waals surface area contributed by atoms with E-state index in [2.05, 4.69) is 5.10 Å². The zero-order chi connectivity index (χ0) is 13.1. The maximum absolute atomic E-state index is 12.3. The molecule has 0 radical (unpaired) electrons. The highest BCUT2D eigenvalue weighted by Gasteiger charge is 2.24. The van der Waals surface area contributed by atoms with Gasteiger partial charge in [-0.2, -0.15) is 5.10 Å². The summed E-state index contributed by atoms with van der Waals surface area (Å²) in [6.45, 7) is 2.74. The van der Waals surface area contributed by atoms with Gasteiger partial charge in [0.2, 0.25) is 0 Å². The van der Waals surface area contributed by atoms with E-state index in [-0.39, 0.29) is 12.5 Å². The van der Waals surface area contributed by atoms with Gasteiger partial charge < -0.3 is 10.0 Å². The fourth-order valence-corrected chi connectivity index (χ4v) is 2.26. The standard InChI is InChI=1S/C12H17N3O3/c1-2-14(8-11(16)17)12(18)9-7-13-15-6-4-3-5-10(9)15/h7H,2-6,8H2,1H3,(H,16,17). The second kappa shape index (κ2) is 5.20. The Kier molecular flexibility index (Phi) is 3.64. The number of aryl methyl sites for hydroxylation is 1. The first kappa shape index (κ1) is 12.6. The van der Waals surface area contributed by atoms with Gasteiger partial charge in [-0.1, -0.05) is 0 Å². The fourth-order valence-electron chi connectivity index (χ4n) is 2.26. The van der Waals surface area contributed by atoms with E-state index < -0.39 is 5.97 Å². The lowest BCUT2D eigenvalue weighted by Gasteiger charge is -2.20. The summed E-state index contributed by atoms with van der Waals surface area (Å²) < 4.78 is 1.85. The minimum absolute atomic E-state index is 0.233. The van der Waals surface area contributed by atoms with Crippen LogP contribution in [-0.2, 0) is 17.8 Å². The maximum atomic E-state index is 12.3. The third-order valence-electron chi connectivity index (χ3n) is 3.21. The van der Waals surface area contributed by atoms with Crippen LogP contribution in [0.4, 0.5) is 0 Å². The zero-order valence-electron chi connectivity index (χ0n) is 10.4. The smallest absolute Gasteiger partial charge is 0.323 e. The van der Waals surface area contributed by atoms with Crippen LogP contribution in [0.2, 0.25) is 0 Å². The number of hydrogen-bond acceptors (Lipinski definition) is 3. The molecule has 0 unspecified atom stereocenters. The van der Waals surface area contributed by atoms with Crippen LogP contribution in [0.3, 0.4) is 0 Å². The first-order valence-electron chi connectivity index (χ1n) is 6.19. The number of likely N-dealkylation sites (N-methyl/N-ethyl adjacent to an activating group) is 1. The van der Waals surface area contributed by atoms with E-state index in [0.29, 0.717) is 12.1 Å². The minimum Gasteiger partial charge on any atom is -0.480 e. The van der Waals surface area contributed by atoms with Crippen molar-refractivity contribution in [1.82, 2.24) is 14.7 Å². The number of aromatic nitrogens is 2. The Labute approximate surface area is 105 Å². The Bertz CT molecular complexity index is 467. The molecule has 0 saturated carbocycles. The normalized spacial score (nSPS) is 14.1. The molecule has 6 nitrogen and oxygen atoms in total. The van der Waals surface area contributed by atoms with Crippen molar-refractivity contribution < 1.29 is 14.7 Å². The van der Waals surface area contributed by atoms with Crippen molar-refractivity contribution in [3.8, 4) is 0 Å². The molecule has 6 heteroatoms. The van der Waals surface area contributed by atoms with E-state index in [1.165, 1.54) is 4.90 Å². The van der Waals surface area contributed by atoms with Crippen LogP contribution >= 0.6 is 0 Å². The van der Waals surface area contributed by atoms with Crippen molar-refractivity contribution >= 4 is 11.9 Å². The molecular weight excluding hydrogens is 234 g/mol. The van der Waals surface area contributed by atoms with Crippen LogP contribution in [0.5, 0.6) is 0 Å². The predicted octanol–water partition coefficient (Wildman–Crippen LogP) is 0.766. The number of amides is 1. The molecule has 0 bridgehead atoms. The first-order valence-corrected chi connectivity index (χ1v) is 6.19. The number of fused-ring (bicyclic) bond motifs is 1. The number of rotatable bonds is 4. The average molecular weight is 251 g/mol. The molecule has 1 amide bonds. The van der Waals surface area contributed by atoms with E-state index in [9.17, 15) is 9.59 Å². The monoisotopic (exact) mass is 251 g/mol. The Balaban J connectivity index is 2.22. The molecule has 1 N–H and O–H groups in total. The van der Waals surface area contributed by atoms with E-state index in [1.807, 2.05) is 4.68 Å². The highest BCUT2D eigenvalue weighted by Crippen LogP contribution is 2.19. The lowest BCUT2D eigenvalue weighted by Crippen LogP contribution is -2.36. The first-order chi connectivity index (χ1) is 8.63. The summed E-state index contributed by atoms with van der Waals surface area (Å²) in [7, 11) is 0. The van der Waals surface area contributed by atoms with Gasteiger partial charge in [-0.3, -0.25) is 14.3 Å². The molecule has 2 heterocycles. The lowest BCUT2D eigenvalue weighted by atomic mass is 10.1. The van der Waals surface area contributed by atoms with Gasteiger partial charge in [-0.25, -0.2) is 0 Å². The van der Waals surface area contributed by atoms with Crippen molar-refractivity contribution in [3.05, 3.63) is 17.5 Å². The molecule has 1 aromatic rings. The second-order valence-electron chi connectivity index (χ2n) is 4.40. The largest absolute Gasteiger partial charge is 0.480 e. The quantitative estimate of drug-likeness (QED) is 0.857. The molecule has 0 aromatic carbocycles. The summed E-state index contributed by atoms with van der Waals surface area (Å²) in [5, 5.41) is 13.0. The number of nitrogens with zero attached hydrogens (tertiary/aromatic N) is 3. The SMILES string of the molecule is CCN(CC(=O)O)C(=O)c1cnn2c1CCCC2. The van der Waals surface area contributed by atoms with Crippen LogP contribution in [0.1, 0.15) is 35.8 Å². The predicted molar refractivity (Wildman–Crippen MR) is 64.4 cm³/mol. The third-order valence-corrected chi connectivity index (χ3v) is 3.21. The molecule has 0 saturated heterocycles. The topological polar surface area (TPSA) is 75.4 Å². The summed E-state index contributed by atoms with van der Waals surface area (Å²) in [6, 6.07) is 0. The second-order valence-corrected chi connectivity index (χ2v) is 4.40. The lowest BCUT2D eigenvalue weighted by molar-refractivity contribution is -0.137. The van der Waals surface area contributed by atoms with E-state index in [0.717, 1.165) is 31.5 Å². The number of carbonyl (C=O) groups excluding carboxylic acids is 1. The molecule has 98 valence electrons. The van der Waals surface area contributed by atoms with Gasteiger partial charge in [0.05, 0.1) is 17.5 Å². The third kappa shape index (κ3) is 2.37. The molecule has 1 aliphatic heterocycles. The van der Waals surface area contributed by atoms with Crippen LogP contribution in [-0.4, -0.2) is 44.8 Å². The highest BCUT2D eigenvalue weighted by molar-refractivity contribution is 5.96. The van der Waals surface area contributed by atoms with Crippen LogP contribution in [0.25, 0.3) is 0 Å². The summed E-state index contributed by atoms with van der Waals surface area (Å²) in [4.78, 5) is 24.3. The highest BCUT2D eigenvalue weighted by atomic mass is 16.4. The number of carboxylic acid groups (broad SMARTS) is 1. The summed E-state index contributed by atoms with van der Waals surface area (Å²) >= 11 is 0. The van der Waals surface area contributed by atoms with Gasteiger partial charge >= 0.3 is 5.97 Å². The maximum Gasteiger partial charge on any atom is 0.323 e. The molecule has 18 heavy (non-hydrogen) atoms. The Morgan fingerprint density at radius 2 is 2.28 bits per heavy atom. The van der Waals surface area contributed by atoms with Crippen LogP contribution in [0.15, 0.2) is 6.20 Å². The van der Waals surface area contributed by atoms with Gasteiger partial charge in [-0.05, 0) is 26.2 Å².